The lowest BCUT2D eigenvalue weighted by atomic mass is 9.99. The third-order valence-electron chi connectivity index (χ3n) is 6.89. The number of carbonyl (C=O) groups excluding carboxylic acids is 2. The highest BCUT2D eigenvalue weighted by atomic mass is 19.4. The van der Waals surface area contributed by atoms with E-state index in [-0.39, 0.29) is 29.3 Å². The van der Waals surface area contributed by atoms with Crippen LogP contribution in [0.1, 0.15) is 53.2 Å². The molecule has 3 fully saturated rings. The number of nitrogens with zero attached hydrogens (tertiary/aromatic N) is 1. The summed E-state index contributed by atoms with van der Waals surface area (Å²) in [4.78, 5) is 28.0. The molecule has 1 saturated heterocycles. The summed E-state index contributed by atoms with van der Waals surface area (Å²) in [6.07, 6.45) is -1.85. The molecule has 3 N–H and O–H groups in total. The Labute approximate surface area is 187 Å². The molecule has 4 atom stereocenters. The number of benzene rings is 2. The average Bonchev–Trinajstić information content (AvgIpc) is 3.69. The Morgan fingerprint density at radius 1 is 1.09 bits per heavy atom. The zero-order chi connectivity index (χ0) is 23.5. The van der Waals surface area contributed by atoms with Crippen LogP contribution >= 0.6 is 0 Å². The molecule has 0 aromatic heterocycles. The van der Waals surface area contributed by atoms with Crippen molar-refractivity contribution in [3.63, 3.8) is 0 Å². The summed E-state index contributed by atoms with van der Waals surface area (Å²) in [7, 11) is 0. The molecule has 0 unspecified atom stereocenters. The number of hydrogen-bond donors (Lipinski definition) is 2. The first kappa shape index (κ1) is 21.7. The molecular formula is C24H23F4N3O2. The van der Waals surface area contributed by atoms with E-state index >= 15 is 0 Å². The zero-order valence-corrected chi connectivity index (χ0v) is 17.6. The highest BCUT2D eigenvalue weighted by molar-refractivity contribution is 6.02. The first-order valence-corrected chi connectivity index (χ1v) is 11.0. The molecule has 0 bridgehead atoms. The number of nitrogens with two attached hydrogens (primary N) is 1. The Hall–Kier alpha value is -3.10. The summed E-state index contributed by atoms with van der Waals surface area (Å²) < 4.78 is 53.4. The summed E-state index contributed by atoms with van der Waals surface area (Å²) in [5.74, 6) is -1.55. The van der Waals surface area contributed by atoms with Gasteiger partial charge in [0.25, 0.3) is 5.91 Å². The Morgan fingerprint density at radius 2 is 1.82 bits per heavy atom. The smallest absolute Gasteiger partial charge is 0.398 e. The number of halogens is 4. The van der Waals surface area contributed by atoms with E-state index in [1.807, 2.05) is 0 Å². The van der Waals surface area contributed by atoms with Gasteiger partial charge in [-0.05, 0) is 61.8 Å². The van der Waals surface area contributed by atoms with Gasteiger partial charge in [-0.25, -0.2) is 4.39 Å². The van der Waals surface area contributed by atoms with Gasteiger partial charge in [-0.15, -0.1) is 0 Å². The topological polar surface area (TPSA) is 75.4 Å². The molecule has 33 heavy (non-hydrogen) atoms. The molecule has 9 heteroatoms. The van der Waals surface area contributed by atoms with Crippen LogP contribution in [0.3, 0.4) is 0 Å². The Bertz CT molecular complexity index is 1120. The molecule has 5 rings (SSSR count). The minimum atomic E-state index is -4.65. The predicted molar refractivity (Wildman–Crippen MR) is 112 cm³/mol. The van der Waals surface area contributed by atoms with Crippen molar-refractivity contribution in [2.75, 3.05) is 5.73 Å². The number of fused-ring (bicyclic) bond motifs is 1. The fourth-order valence-electron chi connectivity index (χ4n) is 4.90. The van der Waals surface area contributed by atoms with Crippen LogP contribution in [-0.2, 0) is 11.0 Å². The van der Waals surface area contributed by atoms with Gasteiger partial charge in [0.15, 0.2) is 0 Å². The van der Waals surface area contributed by atoms with E-state index < -0.39 is 35.5 Å². The largest absolute Gasteiger partial charge is 0.416 e. The van der Waals surface area contributed by atoms with E-state index in [0.717, 1.165) is 31.4 Å². The number of para-hydroxylation sites is 1. The van der Waals surface area contributed by atoms with Crippen LogP contribution in [0.25, 0.3) is 0 Å². The number of piperidine rings is 1. The van der Waals surface area contributed by atoms with E-state index in [0.29, 0.717) is 23.7 Å². The number of hydrogen-bond acceptors (Lipinski definition) is 3. The second kappa shape index (κ2) is 7.74. The normalized spacial score (nSPS) is 24.8. The van der Waals surface area contributed by atoms with Crippen molar-refractivity contribution in [1.82, 2.24) is 10.2 Å². The van der Waals surface area contributed by atoms with Crippen LogP contribution in [0.4, 0.5) is 23.2 Å². The van der Waals surface area contributed by atoms with Gasteiger partial charge in [0, 0.05) is 17.3 Å². The van der Waals surface area contributed by atoms with Crippen LogP contribution in [0, 0.1) is 17.7 Å². The maximum atomic E-state index is 14.7. The third kappa shape index (κ3) is 4.05. The molecule has 1 aliphatic heterocycles. The molecule has 2 aromatic rings. The van der Waals surface area contributed by atoms with E-state index in [4.69, 9.17) is 5.73 Å². The van der Waals surface area contributed by atoms with Gasteiger partial charge in [0.1, 0.15) is 11.9 Å². The Morgan fingerprint density at radius 3 is 2.45 bits per heavy atom. The number of nitrogen functional groups attached to an aromatic ring is 1. The van der Waals surface area contributed by atoms with Gasteiger partial charge >= 0.3 is 6.18 Å². The average molecular weight is 461 g/mol. The van der Waals surface area contributed by atoms with E-state index in [1.165, 1.54) is 0 Å². The number of alkyl halides is 3. The lowest BCUT2D eigenvalue weighted by Crippen LogP contribution is -2.49. The molecule has 2 aliphatic carbocycles. The zero-order valence-electron chi connectivity index (χ0n) is 17.6. The van der Waals surface area contributed by atoms with Crippen molar-refractivity contribution in [3.05, 3.63) is 65.0 Å². The van der Waals surface area contributed by atoms with Gasteiger partial charge in [-0.3, -0.25) is 9.59 Å². The maximum Gasteiger partial charge on any atom is 0.416 e. The first-order valence-electron chi connectivity index (χ1n) is 11.0. The van der Waals surface area contributed by atoms with E-state index in [1.54, 1.807) is 29.2 Å². The number of amides is 2. The number of carbonyl (C=O) groups is 2. The second-order valence-corrected chi connectivity index (χ2v) is 9.17. The molecule has 2 amide bonds. The molecule has 174 valence electrons. The molecule has 2 saturated carbocycles. The van der Waals surface area contributed by atoms with E-state index in [9.17, 15) is 27.2 Å². The number of rotatable bonds is 5. The summed E-state index contributed by atoms with van der Waals surface area (Å²) in [6, 6.07) is 7.57. The highest BCUT2D eigenvalue weighted by Gasteiger charge is 2.56. The van der Waals surface area contributed by atoms with Crippen molar-refractivity contribution < 1.29 is 27.2 Å². The summed E-state index contributed by atoms with van der Waals surface area (Å²) >= 11 is 0. The lowest BCUT2D eigenvalue weighted by Gasteiger charge is -2.29. The predicted octanol–water partition coefficient (Wildman–Crippen LogP) is 4.30. The SMILES string of the molecule is Nc1ccccc1C(=O)N1[C@@H](C(=O)N[C@@H](c2ccc(C(F)(F)F)cc2F)C2CC2)C[C@H]2C[C@H]21. The van der Waals surface area contributed by atoms with Gasteiger partial charge in [0.05, 0.1) is 17.2 Å². The molecule has 5 nitrogen and oxygen atoms in total. The van der Waals surface area contributed by atoms with Crippen molar-refractivity contribution in [1.29, 1.82) is 0 Å². The Kier molecular flexibility index (Phi) is 5.10. The molecule has 2 aromatic carbocycles. The highest BCUT2D eigenvalue weighted by Crippen LogP contribution is 2.49. The van der Waals surface area contributed by atoms with Gasteiger partial charge in [-0.2, -0.15) is 13.2 Å². The molecule has 0 radical (unpaired) electrons. The lowest BCUT2D eigenvalue weighted by molar-refractivity contribution is -0.137. The fourth-order valence-corrected chi connectivity index (χ4v) is 4.90. The van der Waals surface area contributed by atoms with Gasteiger partial charge in [-0.1, -0.05) is 18.2 Å². The minimum absolute atomic E-state index is 0.0324. The standard InChI is InChI=1S/C24H23F4N3O2/c25-17-11-14(24(26,27)28)7-8-15(17)21(12-5-6-12)30-22(32)20-10-13-9-19(13)31(20)23(33)16-3-1-2-4-18(16)29/h1-4,7-8,11-13,19-21H,5-6,9-10,29H2,(H,30,32)/t13-,19-,20-,21-/m1/s1. The minimum Gasteiger partial charge on any atom is -0.398 e. The fraction of sp³-hybridized carbons (Fsp3) is 0.417. The molecule has 3 aliphatic rings. The van der Waals surface area contributed by atoms with Crippen LogP contribution in [0.5, 0.6) is 0 Å². The molecule has 0 spiro atoms. The van der Waals surface area contributed by atoms with Crippen molar-refractivity contribution in [2.45, 2.75) is 50.0 Å². The van der Waals surface area contributed by atoms with Crippen LogP contribution in [0.15, 0.2) is 42.5 Å². The summed E-state index contributed by atoms with van der Waals surface area (Å²) in [6.45, 7) is 0. The van der Waals surface area contributed by atoms with Crippen molar-refractivity contribution in [3.8, 4) is 0 Å². The second-order valence-electron chi connectivity index (χ2n) is 9.17. The number of nitrogens with one attached hydrogen (secondary N) is 1. The quantitative estimate of drug-likeness (QED) is 0.515. The monoisotopic (exact) mass is 461 g/mol. The third-order valence-corrected chi connectivity index (χ3v) is 6.89. The number of likely N-dealkylation sites (tertiary alicyclic amines) is 1. The summed E-state index contributed by atoms with van der Waals surface area (Å²) in [5, 5.41) is 2.84. The van der Waals surface area contributed by atoms with Crippen LogP contribution in [-0.4, -0.2) is 28.8 Å². The van der Waals surface area contributed by atoms with Gasteiger partial charge in [0.2, 0.25) is 5.91 Å². The number of anilines is 1. The van der Waals surface area contributed by atoms with Crippen molar-refractivity contribution >= 4 is 17.5 Å². The molecule has 1 heterocycles. The Balaban J connectivity index is 1.37. The van der Waals surface area contributed by atoms with Crippen LogP contribution < -0.4 is 11.1 Å². The van der Waals surface area contributed by atoms with Crippen molar-refractivity contribution in [2.24, 2.45) is 11.8 Å². The maximum absolute atomic E-state index is 14.7. The summed E-state index contributed by atoms with van der Waals surface area (Å²) in [5.41, 5.74) is 5.58. The first-order chi connectivity index (χ1) is 15.6. The molecular weight excluding hydrogens is 438 g/mol. The van der Waals surface area contributed by atoms with E-state index in [2.05, 4.69) is 5.32 Å². The van der Waals surface area contributed by atoms with Gasteiger partial charge < -0.3 is 16.0 Å². The van der Waals surface area contributed by atoms with Crippen LogP contribution in [0.2, 0.25) is 0 Å².